The third-order valence-corrected chi connectivity index (χ3v) is 4.56. The van der Waals surface area contributed by atoms with Crippen molar-refractivity contribution in [2.45, 2.75) is 26.2 Å². The van der Waals surface area contributed by atoms with Crippen molar-refractivity contribution in [3.05, 3.63) is 47.5 Å². The predicted octanol–water partition coefficient (Wildman–Crippen LogP) is 4.01. The van der Waals surface area contributed by atoms with Gasteiger partial charge >= 0.3 is 0 Å². The standard InChI is InChI=1S/C18H19ClN4O2S/c1-18(2,3)17-21-14-9-12(10-20-15(14)16(19)22-17)11-5-7-13(8-6-11)23-26(4,24)25/h5-10,23H,1-4H3. The molecule has 0 radical (unpaired) electrons. The molecule has 0 aliphatic rings. The molecule has 0 saturated heterocycles. The fourth-order valence-corrected chi connectivity index (χ4v) is 3.21. The highest BCUT2D eigenvalue weighted by Crippen LogP contribution is 2.28. The quantitative estimate of drug-likeness (QED) is 0.683. The smallest absolute Gasteiger partial charge is 0.229 e. The molecule has 1 aromatic carbocycles. The van der Waals surface area contributed by atoms with E-state index in [0.717, 1.165) is 17.4 Å². The van der Waals surface area contributed by atoms with Gasteiger partial charge in [0.15, 0.2) is 5.15 Å². The van der Waals surface area contributed by atoms with Gasteiger partial charge in [0.05, 0.1) is 11.8 Å². The summed E-state index contributed by atoms with van der Waals surface area (Å²) in [6, 6.07) is 8.96. The lowest BCUT2D eigenvalue weighted by Gasteiger charge is -2.17. The van der Waals surface area contributed by atoms with Crippen molar-refractivity contribution in [1.82, 2.24) is 15.0 Å². The van der Waals surface area contributed by atoms with Crippen molar-refractivity contribution in [3.63, 3.8) is 0 Å². The van der Waals surface area contributed by atoms with Crippen LogP contribution < -0.4 is 4.72 Å². The van der Waals surface area contributed by atoms with Crippen LogP contribution in [0, 0.1) is 0 Å². The highest BCUT2D eigenvalue weighted by Gasteiger charge is 2.20. The Morgan fingerprint density at radius 1 is 1.04 bits per heavy atom. The molecule has 6 nitrogen and oxygen atoms in total. The van der Waals surface area contributed by atoms with E-state index in [2.05, 4.69) is 19.7 Å². The number of fused-ring (bicyclic) bond motifs is 1. The zero-order valence-corrected chi connectivity index (χ0v) is 16.5. The van der Waals surface area contributed by atoms with Gasteiger partial charge in [0, 0.05) is 22.9 Å². The van der Waals surface area contributed by atoms with Crippen LogP contribution in [0.2, 0.25) is 5.15 Å². The molecule has 1 N–H and O–H groups in total. The number of aromatic nitrogens is 3. The van der Waals surface area contributed by atoms with Gasteiger partial charge in [0.25, 0.3) is 0 Å². The Kier molecular flexibility index (Phi) is 4.62. The maximum Gasteiger partial charge on any atom is 0.229 e. The highest BCUT2D eigenvalue weighted by molar-refractivity contribution is 7.92. The minimum atomic E-state index is -3.30. The molecule has 0 aliphatic carbocycles. The van der Waals surface area contributed by atoms with E-state index in [9.17, 15) is 8.42 Å². The van der Waals surface area contributed by atoms with Crippen LogP contribution in [0.1, 0.15) is 26.6 Å². The van der Waals surface area contributed by atoms with E-state index in [1.165, 1.54) is 0 Å². The Hall–Kier alpha value is -2.25. The first kappa shape index (κ1) is 18.5. The first-order chi connectivity index (χ1) is 12.0. The number of hydrogen-bond acceptors (Lipinski definition) is 5. The lowest BCUT2D eigenvalue weighted by atomic mass is 9.95. The number of rotatable bonds is 3. The van der Waals surface area contributed by atoms with Gasteiger partial charge in [-0.05, 0) is 23.8 Å². The molecule has 0 fully saturated rings. The van der Waals surface area contributed by atoms with Gasteiger partial charge in [-0.15, -0.1) is 0 Å². The van der Waals surface area contributed by atoms with E-state index < -0.39 is 10.0 Å². The molecule has 0 spiro atoms. The van der Waals surface area contributed by atoms with E-state index in [-0.39, 0.29) is 5.41 Å². The molecule has 0 unspecified atom stereocenters. The summed E-state index contributed by atoms with van der Waals surface area (Å²) in [4.78, 5) is 13.4. The monoisotopic (exact) mass is 390 g/mol. The van der Waals surface area contributed by atoms with E-state index in [4.69, 9.17) is 11.6 Å². The van der Waals surface area contributed by atoms with Crippen LogP contribution in [-0.2, 0) is 15.4 Å². The summed E-state index contributed by atoms with van der Waals surface area (Å²) >= 11 is 6.27. The molecule has 3 rings (SSSR count). The number of pyridine rings is 1. The van der Waals surface area contributed by atoms with Crippen LogP contribution in [-0.4, -0.2) is 29.6 Å². The SMILES string of the molecule is CC(C)(C)c1nc(Cl)c2ncc(-c3ccc(NS(C)(=O)=O)cc3)cc2n1. The average molecular weight is 391 g/mol. The van der Waals surface area contributed by atoms with Crippen LogP contribution in [0.4, 0.5) is 5.69 Å². The molecule has 2 heterocycles. The Balaban J connectivity index is 2.03. The van der Waals surface area contributed by atoms with Gasteiger partial charge in [-0.3, -0.25) is 9.71 Å². The van der Waals surface area contributed by atoms with E-state index in [0.29, 0.717) is 27.7 Å². The maximum absolute atomic E-state index is 11.3. The second-order valence-electron chi connectivity index (χ2n) is 7.13. The lowest BCUT2D eigenvalue weighted by molar-refractivity contribution is 0.548. The van der Waals surface area contributed by atoms with Crippen LogP contribution in [0.5, 0.6) is 0 Å². The summed E-state index contributed by atoms with van der Waals surface area (Å²) in [6.07, 6.45) is 2.82. The van der Waals surface area contributed by atoms with Gasteiger partial charge in [-0.2, -0.15) is 0 Å². The summed E-state index contributed by atoms with van der Waals surface area (Å²) in [5.74, 6) is 0.654. The predicted molar refractivity (Wildman–Crippen MR) is 105 cm³/mol. The van der Waals surface area contributed by atoms with E-state index in [1.54, 1.807) is 18.3 Å². The second kappa shape index (κ2) is 6.48. The topological polar surface area (TPSA) is 84.8 Å². The number of halogens is 1. The Morgan fingerprint density at radius 3 is 2.27 bits per heavy atom. The average Bonchev–Trinajstić information content (AvgIpc) is 2.52. The summed E-state index contributed by atoms with van der Waals surface area (Å²) in [5, 5.41) is 0.333. The first-order valence-electron chi connectivity index (χ1n) is 7.95. The molecule has 2 aromatic heterocycles. The minimum Gasteiger partial charge on any atom is -0.284 e. The normalized spacial score (nSPS) is 12.3. The molecule has 3 aromatic rings. The summed E-state index contributed by atoms with van der Waals surface area (Å²) in [6.45, 7) is 6.07. The molecule has 0 atom stereocenters. The molecular weight excluding hydrogens is 372 g/mol. The van der Waals surface area contributed by atoms with Gasteiger partial charge in [0.1, 0.15) is 11.3 Å². The number of nitrogens with one attached hydrogen (secondary N) is 1. The molecular formula is C18H19ClN4O2S. The van der Waals surface area contributed by atoms with Crippen LogP contribution in [0.25, 0.3) is 22.2 Å². The first-order valence-corrected chi connectivity index (χ1v) is 10.2. The zero-order chi connectivity index (χ0) is 19.1. The second-order valence-corrected chi connectivity index (χ2v) is 9.24. The fraction of sp³-hybridized carbons (Fsp3) is 0.278. The van der Waals surface area contributed by atoms with E-state index in [1.807, 2.05) is 39.0 Å². The lowest BCUT2D eigenvalue weighted by Crippen LogP contribution is -2.16. The summed E-state index contributed by atoms with van der Waals surface area (Å²) in [7, 11) is -3.30. The third kappa shape index (κ3) is 4.11. The van der Waals surface area contributed by atoms with Crippen molar-refractivity contribution in [3.8, 4) is 11.1 Å². The largest absolute Gasteiger partial charge is 0.284 e. The van der Waals surface area contributed by atoms with Crippen molar-refractivity contribution in [1.29, 1.82) is 0 Å². The van der Waals surface area contributed by atoms with Crippen molar-refractivity contribution in [2.75, 3.05) is 11.0 Å². The number of benzene rings is 1. The molecule has 0 saturated carbocycles. The van der Waals surface area contributed by atoms with Gasteiger partial charge < -0.3 is 0 Å². The Labute approximate surface area is 157 Å². The molecule has 26 heavy (non-hydrogen) atoms. The molecule has 136 valence electrons. The summed E-state index contributed by atoms with van der Waals surface area (Å²) in [5.41, 5.74) is 3.26. The molecule has 0 aliphatic heterocycles. The third-order valence-electron chi connectivity index (χ3n) is 3.69. The maximum atomic E-state index is 11.3. The zero-order valence-electron chi connectivity index (χ0n) is 14.9. The van der Waals surface area contributed by atoms with Gasteiger partial charge in [0.2, 0.25) is 10.0 Å². The number of hydrogen-bond donors (Lipinski definition) is 1. The van der Waals surface area contributed by atoms with E-state index >= 15 is 0 Å². The Morgan fingerprint density at radius 2 is 1.69 bits per heavy atom. The highest BCUT2D eigenvalue weighted by atomic mass is 35.5. The fourth-order valence-electron chi connectivity index (χ4n) is 2.42. The van der Waals surface area contributed by atoms with Crippen LogP contribution in [0.3, 0.4) is 0 Å². The number of anilines is 1. The summed E-state index contributed by atoms with van der Waals surface area (Å²) < 4.78 is 25.0. The molecule has 8 heteroatoms. The number of nitrogens with zero attached hydrogens (tertiary/aromatic N) is 3. The molecule has 0 amide bonds. The van der Waals surface area contributed by atoms with Crippen LogP contribution >= 0.6 is 11.6 Å². The van der Waals surface area contributed by atoms with Crippen LogP contribution in [0.15, 0.2) is 36.5 Å². The van der Waals surface area contributed by atoms with Crippen molar-refractivity contribution < 1.29 is 8.42 Å². The minimum absolute atomic E-state index is 0.229. The number of sulfonamides is 1. The molecule has 0 bridgehead atoms. The van der Waals surface area contributed by atoms with Gasteiger partial charge in [-0.25, -0.2) is 18.4 Å². The van der Waals surface area contributed by atoms with Crippen molar-refractivity contribution >= 4 is 38.3 Å². The van der Waals surface area contributed by atoms with Crippen molar-refractivity contribution in [2.24, 2.45) is 0 Å². The van der Waals surface area contributed by atoms with Gasteiger partial charge in [-0.1, -0.05) is 44.5 Å². The Bertz CT molecular complexity index is 1070.